The Bertz CT molecular complexity index is 623. The molecule has 1 saturated carbocycles. The molecule has 1 amide bonds. The van der Waals surface area contributed by atoms with Crippen LogP contribution in [0.25, 0.3) is 5.69 Å². The van der Waals surface area contributed by atoms with E-state index in [1.807, 2.05) is 18.3 Å². The molecular formula is C15H17ClN4O. The highest BCUT2D eigenvalue weighted by Crippen LogP contribution is 2.27. The van der Waals surface area contributed by atoms with E-state index in [-0.39, 0.29) is 5.91 Å². The molecule has 0 saturated heterocycles. The van der Waals surface area contributed by atoms with E-state index in [9.17, 15) is 4.79 Å². The zero-order valence-corrected chi connectivity index (χ0v) is 12.3. The normalized spacial score (nSPS) is 14.1. The average Bonchev–Trinajstić information content (AvgIpc) is 3.11. The lowest BCUT2D eigenvalue weighted by Gasteiger charge is -2.12. The van der Waals surface area contributed by atoms with Crippen LogP contribution in [0.4, 0.5) is 5.69 Å². The second kappa shape index (κ2) is 6.28. The van der Waals surface area contributed by atoms with Gasteiger partial charge in [0.05, 0.1) is 17.9 Å². The minimum absolute atomic E-state index is 0.0775. The number of aromatic nitrogens is 2. The maximum absolute atomic E-state index is 12.0. The summed E-state index contributed by atoms with van der Waals surface area (Å²) >= 11 is 6.02. The van der Waals surface area contributed by atoms with Gasteiger partial charge in [-0.15, -0.1) is 0 Å². The molecule has 1 aliphatic rings. The van der Waals surface area contributed by atoms with E-state index in [2.05, 4.69) is 15.7 Å². The van der Waals surface area contributed by atoms with Crippen LogP contribution in [0.3, 0.4) is 0 Å². The van der Waals surface area contributed by atoms with E-state index in [4.69, 9.17) is 11.6 Å². The van der Waals surface area contributed by atoms with Gasteiger partial charge in [-0.05, 0) is 49.6 Å². The van der Waals surface area contributed by atoms with Crippen molar-refractivity contribution in [2.24, 2.45) is 5.92 Å². The predicted molar refractivity (Wildman–Crippen MR) is 82.8 cm³/mol. The molecule has 3 rings (SSSR count). The van der Waals surface area contributed by atoms with Gasteiger partial charge in [-0.1, -0.05) is 11.6 Å². The van der Waals surface area contributed by atoms with Crippen molar-refractivity contribution in [2.75, 3.05) is 18.4 Å². The minimum Gasteiger partial charge on any atom is -0.323 e. The molecule has 0 radical (unpaired) electrons. The Morgan fingerprint density at radius 1 is 1.43 bits per heavy atom. The number of amides is 1. The van der Waals surface area contributed by atoms with Crippen LogP contribution in [0.1, 0.15) is 12.8 Å². The van der Waals surface area contributed by atoms with Crippen molar-refractivity contribution in [3.8, 4) is 5.69 Å². The highest BCUT2D eigenvalue weighted by atomic mass is 35.5. The second-order valence-corrected chi connectivity index (χ2v) is 5.67. The monoisotopic (exact) mass is 304 g/mol. The van der Waals surface area contributed by atoms with Crippen LogP contribution in [0.5, 0.6) is 0 Å². The summed E-state index contributed by atoms with van der Waals surface area (Å²) < 4.78 is 1.70. The summed E-state index contributed by atoms with van der Waals surface area (Å²) in [5.74, 6) is 0.676. The van der Waals surface area contributed by atoms with Gasteiger partial charge in [-0.2, -0.15) is 5.10 Å². The SMILES string of the molecule is O=C(CNCC1CC1)Nc1cc(Cl)ccc1-n1cccn1. The average molecular weight is 305 g/mol. The largest absolute Gasteiger partial charge is 0.323 e. The van der Waals surface area contributed by atoms with Gasteiger partial charge in [-0.3, -0.25) is 4.79 Å². The first-order chi connectivity index (χ1) is 10.2. The van der Waals surface area contributed by atoms with E-state index in [0.717, 1.165) is 18.2 Å². The van der Waals surface area contributed by atoms with Crippen molar-refractivity contribution in [1.29, 1.82) is 0 Å². The third-order valence-electron chi connectivity index (χ3n) is 3.40. The van der Waals surface area contributed by atoms with Gasteiger partial charge in [-0.25, -0.2) is 4.68 Å². The summed E-state index contributed by atoms with van der Waals surface area (Å²) in [4.78, 5) is 12.0. The molecular weight excluding hydrogens is 288 g/mol. The van der Waals surface area contributed by atoms with Crippen LogP contribution < -0.4 is 10.6 Å². The summed E-state index contributed by atoms with van der Waals surface area (Å²) in [5.41, 5.74) is 1.45. The number of rotatable bonds is 6. The van der Waals surface area contributed by atoms with E-state index in [1.54, 1.807) is 23.0 Å². The third-order valence-corrected chi connectivity index (χ3v) is 3.63. The lowest BCUT2D eigenvalue weighted by molar-refractivity contribution is -0.115. The molecule has 0 unspecified atom stereocenters. The molecule has 0 atom stereocenters. The van der Waals surface area contributed by atoms with Crippen molar-refractivity contribution < 1.29 is 4.79 Å². The fourth-order valence-corrected chi connectivity index (χ4v) is 2.30. The van der Waals surface area contributed by atoms with Crippen molar-refractivity contribution in [2.45, 2.75) is 12.8 Å². The molecule has 1 heterocycles. The molecule has 6 heteroatoms. The van der Waals surface area contributed by atoms with Crippen LogP contribution in [0, 0.1) is 5.92 Å². The standard InChI is InChI=1S/C15H17ClN4O/c16-12-4-5-14(20-7-1-6-18-20)13(8-12)19-15(21)10-17-9-11-2-3-11/h1,4-8,11,17H,2-3,9-10H2,(H,19,21). The molecule has 2 aromatic rings. The first kappa shape index (κ1) is 14.1. The van der Waals surface area contributed by atoms with Crippen LogP contribution in [0.2, 0.25) is 5.02 Å². The van der Waals surface area contributed by atoms with Gasteiger partial charge >= 0.3 is 0 Å². The number of nitrogens with one attached hydrogen (secondary N) is 2. The Labute approximate surface area is 128 Å². The van der Waals surface area contributed by atoms with Crippen molar-refractivity contribution in [1.82, 2.24) is 15.1 Å². The van der Waals surface area contributed by atoms with Gasteiger partial charge in [0.15, 0.2) is 0 Å². The van der Waals surface area contributed by atoms with Crippen molar-refractivity contribution in [3.05, 3.63) is 41.7 Å². The molecule has 5 nitrogen and oxygen atoms in total. The fourth-order valence-electron chi connectivity index (χ4n) is 2.13. The van der Waals surface area contributed by atoms with E-state index in [0.29, 0.717) is 17.3 Å². The van der Waals surface area contributed by atoms with Crippen LogP contribution in [-0.4, -0.2) is 28.8 Å². The first-order valence-electron chi connectivity index (χ1n) is 7.02. The summed E-state index contributed by atoms with van der Waals surface area (Å²) in [5, 5.41) is 10.8. The Morgan fingerprint density at radius 3 is 3.00 bits per heavy atom. The van der Waals surface area contributed by atoms with Crippen molar-refractivity contribution >= 4 is 23.2 Å². The fraction of sp³-hybridized carbons (Fsp3) is 0.333. The Balaban J connectivity index is 1.68. The summed E-state index contributed by atoms with van der Waals surface area (Å²) in [6, 6.07) is 7.18. The number of anilines is 1. The van der Waals surface area contributed by atoms with Crippen LogP contribution >= 0.6 is 11.6 Å². The summed E-state index contributed by atoms with van der Waals surface area (Å²) in [6.45, 7) is 1.22. The number of hydrogen-bond acceptors (Lipinski definition) is 3. The highest BCUT2D eigenvalue weighted by Gasteiger charge is 2.20. The maximum Gasteiger partial charge on any atom is 0.238 e. The zero-order valence-electron chi connectivity index (χ0n) is 11.6. The highest BCUT2D eigenvalue weighted by molar-refractivity contribution is 6.31. The number of halogens is 1. The quantitative estimate of drug-likeness (QED) is 0.862. The summed E-state index contributed by atoms with van der Waals surface area (Å²) in [7, 11) is 0. The Morgan fingerprint density at radius 2 is 2.29 bits per heavy atom. The molecule has 2 N–H and O–H groups in total. The van der Waals surface area contributed by atoms with Gasteiger partial charge in [0.1, 0.15) is 0 Å². The molecule has 110 valence electrons. The van der Waals surface area contributed by atoms with E-state index in [1.165, 1.54) is 12.8 Å². The van der Waals surface area contributed by atoms with Crippen LogP contribution in [0.15, 0.2) is 36.7 Å². The number of benzene rings is 1. The Hall–Kier alpha value is -1.85. The smallest absolute Gasteiger partial charge is 0.238 e. The van der Waals surface area contributed by atoms with Crippen LogP contribution in [-0.2, 0) is 4.79 Å². The van der Waals surface area contributed by atoms with E-state index >= 15 is 0 Å². The number of carbonyl (C=O) groups excluding carboxylic acids is 1. The maximum atomic E-state index is 12.0. The number of nitrogens with zero attached hydrogens (tertiary/aromatic N) is 2. The predicted octanol–water partition coefficient (Wildman–Crippen LogP) is 2.46. The molecule has 0 spiro atoms. The molecule has 1 aromatic carbocycles. The molecule has 0 aliphatic heterocycles. The third kappa shape index (κ3) is 3.83. The van der Waals surface area contributed by atoms with Gasteiger partial charge in [0, 0.05) is 17.4 Å². The van der Waals surface area contributed by atoms with Gasteiger partial charge < -0.3 is 10.6 Å². The zero-order chi connectivity index (χ0) is 14.7. The molecule has 0 bridgehead atoms. The Kier molecular flexibility index (Phi) is 4.22. The van der Waals surface area contributed by atoms with Gasteiger partial charge in [0.25, 0.3) is 0 Å². The topological polar surface area (TPSA) is 59.0 Å². The number of carbonyl (C=O) groups is 1. The van der Waals surface area contributed by atoms with E-state index < -0.39 is 0 Å². The minimum atomic E-state index is -0.0775. The second-order valence-electron chi connectivity index (χ2n) is 5.23. The molecule has 21 heavy (non-hydrogen) atoms. The molecule has 1 aromatic heterocycles. The lowest BCUT2D eigenvalue weighted by Crippen LogP contribution is -2.29. The summed E-state index contributed by atoms with van der Waals surface area (Å²) in [6.07, 6.45) is 6.06. The molecule has 1 fully saturated rings. The van der Waals surface area contributed by atoms with Crippen molar-refractivity contribution in [3.63, 3.8) is 0 Å². The molecule has 1 aliphatic carbocycles. The lowest BCUT2D eigenvalue weighted by atomic mass is 10.2. The first-order valence-corrected chi connectivity index (χ1v) is 7.40. The van der Waals surface area contributed by atoms with Gasteiger partial charge in [0.2, 0.25) is 5.91 Å². The number of hydrogen-bond donors (Lipinski definition) is 2.